The lowest BCUT2D eigenvalue weighted by Crippen LogP contribution is -2.41. The van der Waals surface area contributed by atoms with E-state index in [-0.39, 0.29) is 22.6 Å². The van der Waals surface area contributed by atoms with Crippen LogP contribution in [0, 0.1) is 0 Å². The second-order valence-corrected chi connectivity index (χ2v) is 8.13. The molecule has 1 heterocycles. The van der Waals surface area contributed by atoms with Gasteiger partial charge >= 0.3 is 5.97 Å². The van der Waals surface area contributed by atoms with Crippen LogP contribution in [0.3, 0.4) is 0 Å². The number of fused-ring (bicyclic) bond motifs is 1. The molecule has 0 bridgehead atoms. The minimum atomic E-state index is -3.43. The van der Waals surface area contributed by atoms with Gasteiger partial charge in [-0.25, -0.2) is 17.6 Å². The number of halogens is 1. The zero-order valence-electron chi connectivity index (χ0n) is 12.0. The van der Waals surface area contributed by atoms with Crippen LogP contribution in [0.2, 0.25) is 0 Å². The van der Waals surface area contributed by atoms with E-state index in [1.165, 1.54) is 24.3 Å². The molecule has 0 saturated heterocycles. The first-order valence-corrected chi connectivity index (χ1v) is 8.96. The van der Waals surface area contributed by atoms with E-state index < -0.39 is 27.3 Å². The van der Waals surface area contributed by atoms with E-state index in [1.807, 2.05) is 9.24 Å². The van der Waals surface area contributed by atoms with E-state index in [0.717, 1.165) is 6.26 Å². The number of ether oxygens (including phenoxy) is 1. The van der Waals surface area contributed by atoms with Crippen LogP contribution in [0.5, 0.6) is 5.75 Å². The Bertz CT molecular complexity index is 754. The molecule has 8 heteroatoms. The number of carboxylic acids is 1. The molecule has 1 aromatic carbocycles. The number of aliphatic carboxylic acids is 1. The number of sulfone groups is 1. The molecule has 0 fully saturated rings. The summed E-state index contributed by atoms with van der Waals surface area (Å²) in [5.41, 5.74) is 0.0472. The Hall–Kier alpha value is -1.46. The molecule has 5 nitrogen and oxygen atoms in total. The largest absolute Gasteiger partial charge is 0.481 e. The highest BCUT2D eigenvalue weighted by Gasteiger charge is 2.42. The second-order valence-electron chi connectivity index (χ2n) is 5.15. The van der Waals surface area contributed by atoms with Gasteiger partial charge in [-0.2, -0.15) is 0 Å². The Balaban J connectivity index is 2.58. The Labute approximate surface area is 130 Å². The lowest BCUT2D eigenvalue weighted by atomic mass is 9.97. The van der Waals surface area contributed by atoms with E-state index in [9.17, 15) is 22.7 Å². The summed E-state index contributed by atoms with van der Waals surface area (Å²) in [6, 6.07) is 4.07. The summed E-state index contributed by atoms with van der Waals surface area (Å²) >= 11 is 0. The number of carbonyl (C=O) groups is 1. The molecule has 1 N–H and O–H groups in total. The number of benzene rings is 1. The maximum absolute atomic E-state index is 14.5. The van der Waals surface area contributed by atoms with Crippen molar-refractivity contribution in [1.29, 1.82) is 0 Å². The zero-order chi connectivity index (χ0) is 16.7. The molecule has 0 saturated carbocycles. The van der Waals surface area contributed by atoms with E-state index in [1.54, 1.807) is 6.92 Å². The number of alkyl halides is 1. The molecular weight excluding hydrogens is 330 g/mol. The minimum Gasteiger partial charge on any atom is -0.481 e. The second kappa shape index (κ2) is 5.63. The van der Waals surface area contributed by atoms with Gasteiger partial charge in [-0.1, -0.05) is 16.2 Å². The summed E-state index contributed by atoms with van der Waals surface area (Å²) in [4.78, 5) is 11.4. The molecule has 0 aromatic heterocycles. The summed E-state index contributed by atoms with van der Waals surface area (Å²) in [5, 5.41) is 7.35. The summed E-state index contributed by atoms with van der Waals surface area (Å²) < 4.78 is 43.1. The third-order valence-corrected chi connectivity index (χ3v) is 5.29. The fourth-order valence-corrected chi connectivity index (χ4v) is 3.03. The van der Waals surface area contributed by atoms with Crippen LogP contribution in [0.4, 0.5) is 4.39 Å². The summed E-state index contributed by atoms with van der Waals surface area (Å²) in [6.07, 6.45) is 1.07. The number of carboxylic acid groups (broad SMARTS) is 1. The highest BCUT2D eigenvalue weighted by molar-refractivity contribution is 7.90. The Morgan fingerprint density at radius 2 is 2.14 bits per heavy atom. The molecule has 0 spiro atoms. The molecule has 22 heavy (non-hydrogen) atoms. The van der Waals surface area contributed by atoms with Gasteiger partial charge in [0.15, 0.2) is 21.4 Å². The van der Waals surface area contributed by atoms with E-state index in [0.29, 0.717) is 5.56 Å². The van der Waals surface area contributed by atoms with Gasteiger partial charge in [0.25, 0.3) is 0 Å². The molecule has 3 atom stereocenters. The Morgan fingerprint density at radius 1 is 1.50 bits per heavy atom. The number of hydrogen-bond acceptors (Lipinski definition) is 4. The van der Waals surface area contributed by atoms with Crippen molar-refractivity contribution >= 4 is 31.1 Å². The third-order valence-electron chi connectivity index (χ3n) is 3.47. The van der Waals surface area contributed by atoms with Crippen molar-refractivity contribution in [1.82, 2.24) is 0 Å². The zero-order valence-corrected chi connectivity index (χ0v) is 14.0. The predicted octanol–water partition coefficient (Wildman–Crippen LogP) is 2.27. The van der Waals surface area contributed by atoms with Crippen molar-refractivity contribution in [2.75, 3.05) is 6.26 Å². The van der Waals surface area contributed by atoms with Crippen molar-refractivity contribution in [3.63, 3.8) is 0 Å². The maximum Gasteiger partial charge on any atom is 0.335 e. The maximum atomic E-state index is 14.5. The van der Waals surface area contributed by atoms with Gasteiger partial charge in [-0.15, -0.1) is 0 Å². The molecular formula is C14H16FO5PS. The normalized spacial score (nSPS) is 20.4. The summed E-state index contributed by atoms with van der Waals surface area (Å²) in [5.74, 6) is -1.06. The monoisotopic (exact) mass is 346 g/mol. The highest BCUT2D eigenvalue weighted by atomic mass is 32.2. The molecule has 3 unspecified atom stereocenters. The molecule has 2 rings (SSSR count). The third kappa shape index (κ3) is 3.15. The smallest absolute Gasteiger partial charge is 0.335 e. The fourth-order valence-electron chi connectivity index (χ4n) is 2.13. The van der Waals surface area contributed by atoms with E-state index >= 15 is 0 Å². The van der Waals surface area contributed by atoms with Crippen LogP contribution in [0.1, 0.15) is 18.9 Å². The molecule has 1 aliphatic heterocycles. The van der Waals surface area contributed by atoms with Crippen LogP contribution in [0.25, 0.3) is 6.08 Å². The average molecular weight is 346 g/mol. The van der Waals surface area contributed by atoms with Crippen LogP contribution >= 0.6 is 9.24 Å². The molecule has 0 radical (unpaired) electrons. The van der Waals surface area contributed by atoms with Crippen molar-refractivity contribution < 1.29 is 27.4 Å². The first-order chi connectivity index (χ1) is 10.1. The van der Waals surface area contributed by atoms with E-state index in [2.05, 4.69) is 0 Å². The minimum absolute atomic E-state index is 0.0437. The topological polar surface area (TPSA) is 80.7 Å². The van der Waals surface area contributed by atoms with Crippen molar-refractivity contribution in [3.05, 3.63) is 29.3 Å². The summed E-state index contributed by atoms with van der Waals surface area (Å²) in [6.45, 7) is 1.58. The van der Waals surface area contributed by atoms with Crippen molar-refractivity contribution in [3.8, 4) is 5.75 Å². The predicted molar refractivity (Wildman–Crippen MR) is 83.4 cm³/mol. The van der Waals surface area contributed by atoms with Gasteiger partial charge in [0.1, 0.15) is 5.75 Å². The fraction of sp³-hybridized carbons (Fsp3) is 0.357. The van der Waals surface area contributed by atoms with Crippen molar-refractivity contribution in [2.45, 2.75) is 29.8 Å². The van der Waals surface area contributed by atoms with Crippen LogP contribution in [-0.2, 0) is 14.6 Å². The lowest BCUT2D eigenvalue weighted by Gasteiger charge is -2.33. The number of hydrogen-bond donors (Lipinski definition) is 1. The van der Waals surface area contributed by atoms with E-state index in [4.69, 9.17) is 4.74 Å². The quantitative estimate of drug-likeness (QED) is 0.846. The Kier molecular flexibility index (Phi) is 4.33. The van der Waals surface area contributed by atoms with Gasteiger partial charge < -0.3 is 9.84 Å². The van der Waals surface area contributed by atoms with Gasteiger partial charge in [0.2, 0.25) is 0 Å². The van der Waals surface area contributed by atoms with Gasteiger partial charge in [-0.05, 0) is 30.7 Å². The molecule has 0 aliphatic carbocycles. The Morgan fingerprint density at radius 3 is 2.64 bits per heavy atom. The van der Waals surface area contributed by atoms with Crippen LogP contribution in [-0.4, -0.2) is 37.3 Å². The van der Waals surface area contributed by atoms with Gasteiger partial charge in [0, 0.05) is 11.8 Å². The SMILES string of the molecule is CCC(F)(P)C1Oc2ccc(S(C)(=O)=O)cc2C=C1C(=O)O. The molecule has 120 valence electrons. The van der Waals surface area contributed by atoms with Crippen LogP contribution in [0.15, 0.2) is 28.7 Å². The molecule has 1 aromatic rings. The van der Waals surface area contributed by atoms with Gasteiger partial charge in [0.05, 0.1) is 10.5 Å². The number of rotatable bonds is 4. The lowest BCUT2D eigenvalue weighted by molar-refractivity contribution is -0.134. The van der Waals surface area contributed by atoms with Gasteiger partial charge in [-0.3, -0.25) is 0 Å². The molecule has 0 amide bonds. The first-order valence-electron chi connectivity index (χ1n) is 6.49. The van der Waals surface area contributed by atoms with Crippen LogP contribution < -0.4 is 4.74 Å². The standard InChI is InChI=1S/C14H16FO5PS/c1-3-14(15,21)12-10(13(16)17)7-8-6-9(22(2,18)19)4-5-11(8)20-12/h4-7,12H,3,21H2,1-2H3,(H,16,17). The first kappa shape index (κ1) is 16.9. The summed E-state index contributed by atoms with van der Waals surface area (Å²) in [7, 11) is -1.45. The molecule has 1 aliphatic rings. The van der Waals surface area contributed by atoms with Crippen molar-refractivity contribution in [2.24, 2.45) is 0 Å². The highest BCUT2D eigenvalue weighted by Crippen LogP contribution is 2.41. The average Bonchev–Trinajstić information content (AvgIpc) is 2.44.